The van der Waals surface area contributed by atoms with Gasteiger partial charge in [-0.05, 0) is 90.0 Å². The molecule has 1 aliphatic carbocycles. The Bertz CT molecular complexity index is 1610. The van der Waals surface area contributed by atoms with Crippen LogP contribution in [0.15, 0.2) is 102 Å². The summed E-state index contributed by atoms with van der Waals surface area (Å²) >= 11 is 7.61. The van der Waals surface area contributed by atoms with Crippen molar-refractivity contribution in [2.24, 2.45) is 5.73 Å². The lowest BCUT2D eigenvalue weighted by Crippen LogP contribution is -2.27. The van der Waals surface area contributed by atoms with Gasteiger partial charge < -0.3 is 15.3 Å². The fourth-order valence-corrected chi connectivity index (χ4v) is 6.59. The molecule has 0 bridgehead atoms. The van der Waals surface area contributed by atoms with E-state index >= 15 is 0 Å². The highest BCUT2D eigenvalue weighted by Crippen LogP contribution is 2.50. The molecular formula is C36H37ClN4O2S. The first kappa shape index (κ1) is 31.5. The molecule has 1 aliphatic rings. The summed E-state index contributed by atoms with van der Waals surface area (Å²) in [7, 11) is 1.66. The van der Waals surface area contributed by atoms with Gasteiger partial charge in [0.1, 0.15) is 12.0 Å². The molecule has 0 saturated carbocycles. The van der Waals surface area contributed by atoms with E-state index < -0.39 is 5.41 Å². The lowest BCUT2D eigenvalue weighted by Gasteiger charge is -2.25. The first-order valence-electron chi connectivity index (χ1n) is 14.9. The first-order chi connectivity index (χ1) is 21.6. The van der Waals surface area contributed by atoms with E-state index in [1.54, 1.807) is 18.9 Å². The van der Waals surface area contributed by atoms with E-state index in [9.17, 15) is 4.79 Å². The number of hydrogen-bond donors (Lipinski definition) is 2. The number of carbonyl (C=O) groups excluding carboxylic acids is 1. The lowest BCUT2D eigenvalue weighted by atomic mass is 9.75. The number of methoxy groups -OCH3 is 1. The number of ether oxygens (including phenoxy) is 1. The first-order valence-corrected chi connectivity index (χ1v) is 16.2. The number of aldehydes is 1. The second kappa shape index (κ2) is 15.2. The highest BCUT2D eigenvalue weighted by molar-refractivity contribution is 7.99. The highest BCUT2D eigenvalue weighted by atomic mass is 35.5. The quantitative estimate of drug-likeness (QED) is 0.0827. The van der Waals surface area contributed by atoms with Crippen molar-refractivity contribution in [3.63, 3.8) is 0 Å². The maximum Gasteiger partial charge on any atom is 0.208 e. The van der Waals surface area contributed by atoms with Crippen LogP contribution in [0, 0.1) is 0 Å². The van der Waals surface area contributed by atoms with E-state index in [2.05, 4.69) is 51.6 Å². The van der Waals surface area contributed by atoms with Crippen LogP contribution in [0.4, 0.5) is 0 Å². The predicted molar refractivity (Wildman–Crippen MR) is 180 cm³/mol. The molecule has 5 aromatic rings. The molecular weight excluding hydrogens is 588 g/mol. The van der Waals surface area contributed by atoms with Crippen LogP contribution in [0.5, 0.6) is 5.75 Å². The molecule has 6 nitrogen and oxygen atoms in total. The second-order valence-corrected chi connectivity index (χ2v) is 12.2. The summed E-state index contributed by atoms with van der Waals surface area (Å²) in [6.45, 7) is 0.701. The largest absolute Gasteiger partial charge is 0.497 e. The topological polar surface area (TPSA) is 93.9 Å². The van der Waals surface area contributed by atoms with Crippen molar-refractivity contribution >= 4 is 29.6 Å². The molecule has 1 heterocycles. The minimum atomic E-state index is -0.530. The number of aromatic amines is 1. The summed E-state index contributed by atoms with van der Waals surface area (Å²) in [6, 6.07) is 32.2. The zero-order valence-corrected chi connectivity index (χ0v) is 26.4. The summed E-state index contributed by atoms with van der Waals surface area (Å²) in [6.07, 6.45) is 6.03. The van der Waals surface area contributed by atoms with Crippen molar-refractivity contribution in [3.05, 3.63) is 119 Å². The maximum atomic E-state index is 12.5. The Labute approximate surface area is 268 Å². The Hall–Kier alpha value is -3.91. The zero-order chi connectivity index (χ0) is 30.8. The number of nitrogens with two attached hydrogens (primary N) is 1. The molecule has 0 amide bonds. The van der Waals surface area contributed by atoms with Gasteiger partial charge in [0.25, 0.3) is 0 Å². The Kier molecular flexibility index (Phi) is 10.9. The molecule has 0 aliphatic heterocycles. The van der Waals surface area contributed by atoms with E-state index in [-0.39, 0.29) is 0 Å². The van der Waals surface area contributed by atoms with Crippen LogP contribution in [-0.2, 0) is 16.6 Å². The van der Waals surface area contributed by atoms with Crippen LogP contribution in [0.25, 0.3) is 22.5 Å². The summed E-state index contributed by atoms with van der Waals surface area (Å²) in [5.41, 5.74) is 11.8. The molecule has 0 spiro atoms. The highest BCUT2D eigenvalue weighted by Gasteiger charge is 2.42. The van der Waals surface area contributed by atoms with Crippen molar-refractivity contribution in [2.75, 3.05) is 19.4 Å². The van der Waals surface area contributed by atoms with Gasteiger partial charge in [-0.3, -0.25) is 5.10 Å². The molecule has 0 saturated heterocycles. The Morgan fingerprint density at radius 3 is 2.16 bits per heavy atom. The third kappa shape index (κ3) is 7.24. The maximum absolute atomic E-state index is 12.5. The monoisotopic (exact) mass is 624 g/mol. The number of nitrogens with zero attached hydrogens (tertiary/aromatic N) is 2. The molecule has 8 heteroatoms. The van der Waals surface area contributed by atoms with E-state index in [0.29, 0.717) is 11.6 Å². The van der Waals surface area contributed by atoms with E-state index in [1.807, 2.05) is 60.7 Å². The number of unbranched alkanes of at least 4 members (excludes halogenated alkanes) is 2. The number of H-pyrrole nitrogens is 1. The SMILES string of the molecule is COc1ccc(CCN)cc1.O=CC1(CCCCCSc2n[nH]c(-c3ccc(Cl)cc3)n2)c2ccccc2-c2ccccc21. The van der Waals surface area contributed by atoms with Gasteiger partial charge in [-0.15, -0.1) is 5.10 Å². The van der Waals surface area contributed by atoms with E-state index in [1.165, 1.54) is 23.0 Å². The van der Waals surface area contributed by atoms with Gasteiger partial charge in [0.05, 0.1) is 12.5 Å². The van der Waals surface area contributed by atoms with E-state index in [4.69, 9.17) is 22.1 Å². The zero-order valence-electron chi connectivity index (χ0n) is 24.8. The van der Waals surface area contributed by atoms with Gasteiger partial charge in [0.15, 0.2) is 5.82 Å². The summed E-state index contributed by atoms with van der Waals surface area (Å²) in [4.78, 5) is 17.0. The molecule has 1 aromatic heterocycles. The van der Waals surface area contributed by atoms with Crippen LogP contribution in [0.1, 0.15) is 42.4 Å². The number of hydrogen-bond acceptors (Lipinski definition) is 6. The Morgan fingerprint density at radius 1 is 0.886 bits per heavy atom. The second-order valence-electron chi connectivity index (χ2n) is 10.7. The third-order valence-corrected chi connectivity index (χ3v) is 9.11. The fraction of sp³-hybridized carbons (Fsp3) is 0.250. The summed E-state index contributed by atoms with van der Waals surface area (Å²) in [5, 5.41) is 8.77. The molecule has 44 heavy (non-hydrogen) atoms. The number of benzene rings is 4. The minimum absolute atomic E-state index is 0.530. The standard InChI is InChI=1S/C27H24ClN3OS.C9H13NO/c28-20-14-12-19(13-15-20)25-29-26(31-30-25)33-17-7-1-6-16-27(18-32)23-10-4-2-8-21(23)22-9-3-5-11-24(22)27;1-11-9-4-2-8(3-5-9)6-7-10/h2-5,8-15,18H,1,6-7,16-17H2,(H,29,30,31);2-5H,6-7,10H2,1H3. The van der Waals surface area contributed by atoms with Crippen molar-refractivity contribution < 1.29 is 9.53 Å². The number of thioether (sulfide) groups is 1. The molecule has 0 fully saturated rings. The lowest BCUT2D eigenvalue weighted by molar-refractivity contribution is -0.111. The average Bonchev–Trinajstić information content (AvgIpc) is 3.65. The Balaban J connectivity index is 0.000000296. The van der Waals surface area contributed by atoms with Crippen LogP contribution >= 0.6 is 23.4 Å². The minimum Gasteiger partial charge on any atom is -0.497 e. The summed E-state index contributed by atoms with van der Waals surface area (Å²) < 4.78 is 5.02. The van der Waals surface area contributed by atoms with Gasteiger partial charge in [0, 0.05) is 16.3 Å². The van der Waals surface area contributed by atoms with Crippen LogP contribution < -0.4 is 10.5 Å². The molecule has 6 rings (SSSR count). The number of fused-ring (bicyclic) bond motifs is 3. The van der Waals surface area contributed by atoms with Gasteiger partial charge in [-0.2, -0.15) is 0 Å². The molecule has 0 unspecified atom stereocenters. The number of nitrogens with one attached hydrogen (secondary N) is 1. The molecule has 0 radical (unpaired) electrons. The Morgan fingerprint density at radius 2 is 1.55 bits per heavy atom. The molecule has 3 N–H and O–H groups in total. The number of carbonyl (C=O) groups is 1. The fourth-order valence-electron chi connectivity index (χ4n) is 5.67. The average molecular weight is 625 g/mol. The normalized spacial score (nSPS) is 12.5. The van der Waals surface area contributed by atoms with Crippen molar-refractivity contribution in [2.45, 2.75) is 42.7 Å². The van der Waals surface area contributed by atoms with Crippen molar-refractivity contribution in [1.82, 2.24) is 15.2 Å². The summed E-state index contributed by atoms with van der Waals surface area (Å²) in [5.74, 6) is 2.59. The molecule has 226 valence electrons. The number of aromatic nitrogens is 3. The number of rotatable bonds is 12. The van der Waals surface area contributed by atoms with Crippen LogP contribution in [0.2, 0.25) is 5.02 Å². The van der Waals surface area contributed by atoms with Gasteiger partial charge in [0.2, 0.25) is 5.16 Å². The molecule has 4 aromatic carbocycles. The van der Waals surface area contributed by atoms with Crippen molar-refractivity contribution in [3.8, 4) is 28.3 Å². The number of halogens is 1. The van der Waals surface area contributed by atoms with Crippen LogP contribution in [0.3, 0.4) is 0 Å². The van der Waals surface area contributed by atoms with Crippen LogP contribution in [-0.4, -0.2) is 40.9 Å². The van der Waals surface area contributed by atoms with Gasteiger partial charge in [-0.25, -0.2) is 4.98 Å². The third-order valence-electron chi connectivity index (χ3n) is 7.93. The van der Waals surface area contributed by atoms with Crippen molar-refractivity contribution in [1.29, 1.82) is 0 Å². The van der Waals surface area contributed by atoms with Gasteiger partial charge >= 0.3 is 0 Å². The molecule has 0 atom stereocenters. The smallest absolute Gasteiger partial charge is 0.208 e. The van der Waals surface area contributed by atoms with E-state index in [0.717, 1.165) is 71.3 Å². The predicted octanol–water partition coefficient (Wildman–Crippen LogP) is 8.14. The van der Waals surface area contributed by atoms with Gasteiger partial charge in [-0.1, -0.05) is 96.9 Å².